The summed E-state index contributed by atoms with van der Waals surface area (Å²) in [4.78, 5) is 36.6. The summed E-state index contributed by atoms with van der Waals surface area (Å²) in [5.41, 5.74) is 1.86. The number of nitrogens with one attached hydrogen (secondary N) is 1. The Hall–Kier alpha value is -3.24. The number of alkyl halides is 2. The SMILES string of the molecule is O=C(CC1SC(=Nc2ccc(SC(F)F)cc2)N(Cc2ccccn2)C1=O)Nc1ccccc1. The van der Waals surface area contributed by atoms with Crippen molar-refractivity contribution in [1.29, 1.82) is 0 Å². The van der Waals surface area contributed by atoms with Crippen molar-refractivity contribution in [3.63, 3.8) is 0 Å². The second-order valence-electron chi connectivity index (χ2n) is 7.24. The summed E-state index contributed by atoms with van der Waals surface area (Å²) in [6.07, 6.45) is 1.63. The predicted octanol–water partition coefficient (Wildman–Crippen LogP) is 5.56. The van der Waals surface area contributed by atoms with Gasteiger partial charge in [0.25, 0.3) is 5.76 Å². The largest absolute Gasteiger partial charge is 0.326 e. The van der Waals surface area contributed by atoms with Gasteiger partial charge in [0.15, 0.2) is 5.17 Å². The fraction of sp³-hybridized carbons (Fsp3) is 0.167. The summed E-state index contributed by atoms with van der Waals surface area (Å²) < 4.78 is 25.2. The molecule has 3 aromatic rings. The Morgan fingerprint density at radius 3 is 2.50 bits per heavy atom. The molecule has 1 fully saturated rings. The lowest BCUT2D eigenvalue weighted by molar-refractivity contribution is -0.128. The molecule has 1 aromatic heterocycles. The van der Waals surface area contributed by atoms with E-state index in [9.17, 15) is 18.4 Å². The highest BCUT2D eigenvalue weighted by Crippen LogP contribution is 2.34. The third-order valence-corrected chi connectivity index (χ3v) is 6.68. The Morgan fingerprint density at radius 2 is 1.82 bits per heavy atom. The molecule has 0 radical (unpaired) electrons. The molecule has 34 heavy (non-hydrogen) atoms. The molecule has 1 unspecified atom stereocenters. The molecule has 1 atom stereocenters. The number of aromatic nitrogens is 1. The van der Waals surface area contributed by atoms with Crippen molar-refractivity contribution >= 4 is 51.9 Å². The van der Waals surface area contributed by atoms with Gasteiger partial charge in [-0.2, -0.15) is 8.78 Å². The maximum atomic E-state index is 13.2. The molecule has 1 saturated heterocycles. The zero-order valence-electron chi connectivity index (χ0n) is 17.8. The highest BCUT2D eigenvalue weighted by Gasteiger charge is 2.39. The van der Waals surface area contributed by atoms with Gasteiger partial charge in [-0.15, -0.1) is 0 Å². The first-order valence-corrected chi connectivity index (χ1v) is 12.1. The average molecular weight is 499 g/mol. The van der Waals surface area contributed by atoms with Crippen LogP contribution in [0.1, 0.15) is 12.1 Å². The van der Waals surface area contributed by atoms with Crippen LogP contribution in [0.4, 0.5) is 20.2 Å². The molecule has 2 amide bonds. The Kier molecular flexibility index (Phi) is 7.91. The van der Waals surface area contributed by atoms with Crippen LogP contribution in [0, 0.1) is 0 Å². The van der Waals surface area contributed by atoms with Crippen molar-refractivity contribution in [2.24, 2.45) is 4.99 Å². The maximum absolute atomic E-state index is 13.2. The summed E-state index contributed by atoms with van der Waals surface area (Å²) in [5, 5.41) is 2.60. The van der Waals surface area contributed by atoms with Crippen LogP contribution in [0.15, 0.2) is 88.9 Å². The van der Waals surface area contributed by atoms with E-state index in [-0.39, 0.29) is 24.8 Å². The predicted molar refractivity (Wildman–Crippen MR) is 131 cm³/mol. The number of carbonyl (C=O) groups is 2. The number of halogens is 2. The van der Waals surface area contributed by atoms with E-state index >= 15 is 0 Å². The fourth-order valence-electron chi connectivity index (χ4n) is 3.24. The average Bonchev–Trinajstić information content (AvgIpc) is 3.10. The van der Waals surface area contributed by atoms with Crippen molar-refractivity contribution < 1.29 is 18.4 Å². The van der Waals surface area contributed by atoms with E-state index < -0.39 is 11.0 Å². The molecule has 2 aromatic carbocycles. The molecule has 1 aliphatic rings. The number of pyridine rings is 1. The molecule has 10 heteroatoms. The number of nitrogens with zero attached hydrogens (tertiary/aromatic N) is 3. The van der Waals surface area contributed by atoms with Gasteiger partial charge in [0.05, 0.1) is 17.9 Å². The summed E-state index contributed by atoms with van der Waals surface area (Å²) >= 11 is 1.66. The van der Waals surface area contributed by atoms with Gasteiger partial charge in [-0.1, -0.05) is 47.8 Å². The summed E-state index contributed by atoms with van der Waals surface area (Å²) in [6, 6.07) is 20.8. The van der Waals surface area contributed by atoms with Crippen LogP contribution in [0.25, 0.3) is 0 Å². The Labute approximate surface area is 203 Å². The molecule has 0 saturated carbocycles. The van der Waals surface area contributed by atoms with Gasteiger partial charge in [0, 0.05) is 23.2 Å². The number of amides is 2. The van der Waals surface area contributed by atoms with Crippen molar-refractivity contribution in [3.05, 3.63) is 84.7 Å². The Bertz CT molecular complexity index is 1160. The van der Waals surface area contributed by atoms with Gasteiger partial charge in [-0.25, -0.2) is 4.99 Å². The minimum absolute atomic E-state index is 0.0138. The first kappa shape index (κ1) is 23.9. The maximum Gasteiger partial charge on any atom is 0.288 e. The summed E-state index contributed by atoms with van der Waals surface area (Å²) in [6.45, 7) is 0.210. The quantitative estimate of drug-likeness (QED) is 0.412. The van der Waals surface area contributed by atoms with Crippen LogP contribution in [0.2, 0.25) is 0 Å². The van der Waals surface area contributed by atoms with E-state index in [1.54, 1.807) is 54.7 Å². The van der Waals surface area contributed by atoms with Crippen LogP contribution in [0.5, 0.6) is 0 Å². The van der Waals surface area contributed by atoms with Crippen LogP contribution in [0.3, 0.4) is 0 Å². The van der Waals surface area contributed by atoms with Gasteiger partial charge in [0.1, 0.15) is 5.25 Å². The monoisotopic (exact) mass is 498 g/mol. The topological polar surface area (TPSA) is 74.7 Å². The number of para-hydroxylation sites is 1. The molecule has 6 nitrogen and oxygen atoms in total. The molecule has 1 N–H and O–H groups in total. The Morgan fingerprint density at radius 1 is 1.09 bits per heavy atom. The third kappa shape index (κ3) is 6.42. The van der Waals surface area contributed by atoms with Gasteiger partial charge in [0.2, 0.25) is 11.8 Å². The minimum Gasteiger partial charge on any atom is -0.326 e. The lowest BCUT2D eigenvalue weighted by Gasteiger charge is -2.16. The van der Waals surface area contributed by atoms with Crippen molar-refractivity contribution in [1.82, 2.24) is 9.88 Å². The number of aliphatic imine (C=N–C) groups is 1. The lowest BCUT2D eigenvalue weighted by atomic mass is 10.2. The van der Waals surface area contributed by atoms with E-state index in [0.717, 1.165) is 0 Å². The Balaban J connectivity index is 1.53. The molecule has 2 heterocycles. The number of amidine groups is 1. The number of benzene rings is 2. The molecule has 0 bridgehead atoms. The van der Waals surface area contributed by atoms with Crippen LogP contribution in [-0.4, -0.2) is 37.9 Å². The number of rotatable bonds is 8. The second-order valence-corrected chi connectivity index (χ2v) is 9.47. The summed E-state index contributed by atoms with van der Waals surface area (Å²) in [7, 11) is 0. The number of thioether (sulfide) groups is 2. The highest BCUT2D eigenvalue weighted by molar-refractivity contribution is 8.15. The smallest absolute Gasteiger partial charge is 0.288 e. The van der Waals surface area contributed by atoms with Crippen molar-refractivity contribution in [2.75, 3.05) is 5.32 Å². The first-order valence-electron chi connectivity index (χ1n) is 10.3. The standard InChI is InChI=1S/C24H20F2N4O2S2/c25-23(26)33-19-11-9-17(10-12-19)29-24-30(15-18-8-4-5-13-27-18)22(32)20(34-24)14-21(31)28-16-6-2-1-3-7-16/h1-13,20,23H,14-15H2,(H,28,31). The minimum atomic E-state index is -2.50. The van der Waals surface area contributed by atoms with Gasteiger partial charge < -0.3 is 5.32 Å². The number of anilines is 1. The number of carbonyl (C=O) groups excluding carboxylic acids is 2. The van der Waals surface area contributed by atoms with Gasteiger partial charge in [-0.05, 0) is 48.5 Å². The van der Waals surface area contributed by atoms with E-state index in [4.69, 9.17) is 0 Å². The zero-order chi connectivity index (χ0) is 23.9. The van der Waals surface area contributed by atoms with Crippen molar-refractivity contribution in [3.8, 4) is 0 Å². The molecular weight excluding hydrogens is 478 g/mol. The molecule has 1 aliphatic heterocycles. The van der Waals surface area contributed by atoms with Crippen LogP contribution >= 0.6 is 23.5 Å². The molecule has 4 rings (SSSR count). The normalized spacial score (nSPS) is 16.9. The first-order chi connectivity index (χ1) is 16.5. The fourth-order valence-corrected chi connectivity index (χ4v) is 4.89. The molecular formula is C24H20F2N4O2S2. The van der Waals surface area contributed by atoms with E-state index in [1.807, 2.05) is 24.3 Å². The van der Waals surface area contributed by atoms with Gasteiger partial charge in [-0.3, -0.25) is 19.5 Å². The number of hydrogen-bond donors (Lipinski definition) is 1. The summed E-state index contributed by atoms with van der Waals surface area (Å²) in [5.74, 6) is -3.01. The van der Waals surface area contributed by atoms with E-state index in [0.29, 0.717) is 38.9 Å². The molecule has 174 valence electrons. The van der Waals surface area contributed by atoms with Crippen LogP contribution < -0.4 is 5.32 Å². The van der Waals surface area contributed by atoms with Crippen LogP contribution in [-0.2, 0) is 16.1 Å². The zero-order valence-corrected chi connectivity index (χ0v) is 19.4. The molecule has 0 spiro atoms. The second kappa shape index (κ2) is 11.3. The number of hydrogen-bond acceptors (Lipinski definition) is 6. The van der Waals surface area contributed by atoms with Gasteiger partial charge >= 0.3 is 0 Å². The lowest BCUT2D eigenvalue weighted by Crippen LogP contribution is -2.33. The van der Waals surface area contributed by atoms with E-state index in [2.05, 4.69) is 15.3 Å². The highest BCUT2D eigenvalue weighted by atomic mass is 32.2. The van der Waals surface area contributed by atoms with Crippen molar-refractivity contribution in [2.45, 2.75) is 28.9 Å². The van der Waals surface area contributed by atoms with E-state index in [1.165, 1.54) is 16.7 Å². The third-order valence-electron chi connectivity index (χ3n) is 4.78. The molecule has 0 aliphatic carbocycles.